The number of aryl methyl sites for hydroxylation is 2. The minimum Gasteiger partial charge on any atom is -0.378 e. The van der Waals surface area contributed by atoms with Crippen LogP contribution in [0.15, 0.2) is 65.7 Å². The maximum atomic E-state index is 13.7. The van der Waals surface area contributed by atoms with E-state index in [9.17, 15) is 10.1 Å². The molecule has 2 aromatic carbocycles. The molecule has 0 aliphatic carbocycles. The fraction of sp³-hybridized carbons (Fsp3) is 0.357. The summed E-state index contributed by atoms with van der Waals surface area (Å²) < 4.78 is 10.7. The number of carbonyl (C=O) groups is 1. The number of nitriles is 1. The lowest BCUT2D eigenvalue weighted by atomic mass is 10.1. The van der Waals surface area contributed by atoms with Crippen molar-refractivity contribution in [3.8, 4) is 6.07 Å². The lowest BCUT2D eigenvalue weighted by Crippen LogP contribution is -2.43. The second-order valence-electron chi connectivity index (χ2n) is 9.11. The molecule has 1 unspecified atom stereocenters. The number of ether oxygens (including phenoxy) is 1. The molecule has 0 saturated carbocycles. The molecule has 194 valence electrons. The number of nitrogens with one attached hydrogen (secondary N) is 1. The lowest BCUT2D eigenvalue weighted by Gasteiger charge is -2.29. The second kappa shape index (κ2) is 13.0. The summed E-state index contributed by atoms with van der Waals surface area (Å²) >= 11 is 7.81. The zero-order valence-corrected chi connectivity index (χ0v) is 22.8. The van der Waals surface area contributed by atoms with E-state index in [2.05, 4.69) is 33.9 Å². The smallest absolute Gasteiger partial charge is 0.240 e. The van der Waals surface area contributed by atoms with Crippen molar-refractivity contribution in [2.45, 2.75) is 37.4 Å². The summed E-state index contributed by atoms with van der Waals surface area (Å²) in [7, 11) is 1.83. The van der Waals surface area contributed by atoms with Gasteiger partial charge < -0.3 is 19.1 Å². The lowest BCUT2D eigenvalue weighted by molar-refractivity contribution is -0.132. The number of benzene rings is 2. The Kier molecular flexibility index (Phi) is 9.53. The SMILES string of the molecule is Cc1cccc(Cl)c1SNC(CCn1cccc1C#N)C(=O)N(C)Cc1cccc(N2CCOCC2)c1. The van der Waals surface area contributed by atoms with E-state index in [-0.39, 0.29) is 5.91 Å². The van der Waals surface area contributed by atoms with Gasteiger partial charge in [0.15, 0.2) is 0 Å². The molecule has 1 aromatic heterocycles. The van der Waals surface area contributed by atoms with E-state index in [1.54, 1.807) is 11.0 Å². The average molecular weight is 538 g/mol. The van der Waals surface area contributed by atoms with Crippen LogP contribution in [-0.2, 0) is 22.6 Å². The van der Waals surface area contributed by atoms with E-state index < -0.39 is 6.04 Å². The minimum atomic E-state index is -0.470. The number of halogens is 1. The highest BCUT2D eigenvalue weighted by molar-refractivity contribution is 7.97. The first-order chi connectivity index (χ1) is 18.0. The largest absolute Gasteiger partial charge is 0.378 e. The van der Waals surface area contributed by atoms with Crippen LogP contribution < -0.4 is 9.62 Å². The zero-order valence-electron chi connectivity index (χ0n) is 21.2. The maximum absolute atomic E-state index is 13.7. The predicted molar refractivity (Wildman–Crippen MR) is 149 cm³/mol. The molecule has 7 nitrogen and oxygen atoms in total. The molecule has 0 spiro atoms. The molecule has 2 heterocycles. The van der Waals surface area contributed by atoms with E-state index in [1.165, 1.54) is 11.9 Å². The molecule has 1 N–H and O–H groups in total. The second-order valence-corrected chi connectivity index (χ2v) is 10.4. The summed E-state index contributed by atoms with van der Waals surface area (Å²) in [5, 5.41) is 10.0. The summed E-state index contributed by atoms with van der Waals surface area (Å²) in [5.41, 5.74) is 3.85. The molecule has 0 bridgehead atoms. The first kappa shape index (κ1) is 27.1. The van der Waals surface area contributed by atoms with E-state index >= 15 is 0 Å². The third-order valence-electron chi connectivity index (χ3n) is 6.45. The average Bonchev–Trinajstić information content (AvgIpc) is 3.38. The fourth-order valence-electron chi connectivity index (χ4n) is 4.38. The fourth-order valence-corrected chi connectivity index (χ4v) is 5.59. The van der Waals surface area contributed by atoms with Gasteiger partial charge in [0.2, 0.25) is 5.91 Å². The molecular formula is C28H32ClN5O2S. The standard InChI is InChI=1S/C28H32ClN5O2S/c1-21-6-3-10-25(29)27(21)37-31-26(11-13-33-12-5-9-24(33)19-30)28(35)32(2)20-22-7-4-8-23(18-22)34-14-16-36-17-15-34/h3-10,12,18,26,31H,11,13-17,20H2,1-2H3. The quantitative estimate of drug-likeness (QED) is 0.372. The monoisotopic (exact) mass is 537 g/mol. The molecule has 9 heteroatoms. The number of morpholine rings is 1. The van der Waals surface area contributed by atoms with Crippen LogP contribution in [0.4, 0.5) is 5.69 Å². The van der Waals surface area contributed by atoms with Crippen molar-refractivity contribution in [3.05, 3.63) is 82.6 Å². The van der Waals surface area contributed by atoms with E-state index in [0.29, 0.717) is 30.2 Å². The van der Waals surface area contributed by atoms with Gasteiger partial charge in [-0.2, -0.15) is 5.26 Å². The van der Waals surface area contributed by atoms with Crippen LogP contribution in [0.3, 0.4) is 0 Å². The Hall–Kier alpha value is -2.96. The molecule has 0 radical (unpaired) electrons. The number of hydrogen-bond acceptors (Lipinski definition) is 6. The molecule has 1 atom stereocenters. The summed E-state index contributed by atoms with van der Waals surface area (Å²) in [4.78, 5) is 18.6. The maximum Gasteiger partial charge on any atom is 0.240 e. The summed E-state index contributed by atoms with van der Waals surface area (Å²) in [5.74, 6) is -0.0142. The Morgan fingerprint density at radius 3 is 2.76 bits per heavy atom. The highest BCUT2D eigenvalue weighted by Crippen LogP contribution is 2.29. The summed E-state index contributed by atoms with van der Waals surface area (Å²) in [6.07, 6.45) is 2.39. The molecule has 1 aliphatic heterocycles. The Bertz CT molecular complexity index is 1230. The zero-order chi connectivity index (χ0) is 26.2. The van der Waals surface area contributed by atoms with E-state index in [1.807, 2.05) is 55.1 Å². The molecule has 1 saturated heterocycles. The Morgan fingerprint density at radius 1 is 1.22 bits per heavy atom. The van der Waals surface area contributed by atoms with Crippen molar-refractivity contribution < 1.29 is 9.53 Å². The van der Waals surface area contributed by atoms with Crippen LogP contribution in [0.25, 0.3) is 0 Å². The van der Waals surface area contributed by atoms with Crippen molar-refractivity contribution in [2.75, 3.05) is 38.3 Å². The van der Waals surface area contributed by atoms with Gasteiger partial charge in [-0.3, -0.25) is 4.79 Å². The minimum absolute atomic E-state index is 0.0142. The first-order valence-corrected chi connectivity index (χ1v) is 13.5. The van der Waals surface area contributed by atoms with Gasteiger partial charge in [0.1, 0.15) is 11.8 Å². The van der Waals surface area contributed by atoms with Gasteiger partial charge in [0.25, 0.3) is 0 Å². The van der Waals surface area contributed by atoms with E-state index in [0.717, 1.165) is 48.0 Å². The van der Waals surface area contributed by atoms with Gasteiger partial charge in [0.05, 0.1) is 24.3 Å². The topological polar surface area (TPSA) is 73.5 Å². The number of likely N-dealkylation sites (N-methyl/N-ethyl adjacent to an activating group) is 1. The number of carbonyl (C=O) groups excluding carboxylic acids is 1. The molecule has 3 aromatic rings. The summed E-state index contributed by atoms with van der Waals surface area (Å²) in [6.45, 7) is 6.24. The number of nitrogens with zero attached hydrogens (tertiary/aromatic N) is 4. The molecule has 37 heavy (non-hydrogen) atoms. The predicted octanol–water partition coefficient (Wildman–Crippen LogP) is 4.87. The van der Waals surface area contributed by atoms with Gasteiger partial charge in [-0.15, -0.1) is 0 Å². The van der Waals surface area contributed by atoms with Crippen LogP contribution in [0, 0.1) is 18.3 Å². The number of rotatable bonds is 10. The molecule has 1 amide bonds. The molecule has 1 fully saturated rings. The van der Waals surface area contributed by atoms with Crippen molar-refractivity contribution in [2.24, 2.45) is 0 Å². The molecule has 4 rings (SSSR count). The van der Waals surface area contributed by atoms with Crippen LogP contribution in [0.5, 0.6) is 0 Å². The highest BCUT2D eigenvalue weighted by atomic mass is 35.5. The van der Waals surface area contributed by atoms with Crippen molar-refractivity contribution >= 4 is 35.1 Å². The van der Waals surface area contributed by atoms with Crippen molar-refractivity contribution in [1.82, 2.24) is 14.2 Å². The third-order valence-corrected chi connectivity index (χ3v) is 8.03. The number of anilines is 1. The highest BCUT2D eigenvalue weighted by Gasteiger charge is 2.24. The van der Waals surface area contributed by atoms with Crippen LogP contribution in [0.2, 0.25) is 5.02 Å². The van der Waals surface area contributed by atoms with Crippen molar-refractivity contribution in [1.29, 1.82) is 5.26 Å². The van der Waals surface area contributed by atoms with Crippen LogP contribution >= 0.6 is 23.5 Å². The van der Waals surface area contributed by atoms with Gasteiger partial charge >= 0.3 is 0 Å². The Balaban J connectivity index is 1.47. The third kappa shape index (κ3) is 7.08. The van der Waals surface area contributed by atoms with Gasteiger partial charge in [-0.25, -0.2) is 4.72 Å². The van der Waals surface area contributed by atoms with Crippen molar-refractivity contribution in [3.63, 3.8) is 0 Å². The van der Waals surface area contributed by atoms with Crippen LogP contribution in [-0.4, -0.2) is 54.8 Å². The van der Waals surface area contributed by atoms with Gasteiger partial charge in [-0.05, 0) is 66.8 Å². The van der Waals surface area contributed by atoms with Crippen LogP contribution in [0.1, 0.15) is 23.2 Å². The Labute approximate surface area is 228 Å². The number of hydrogen-bond donors (Lipinski definition) is 1. The number of aromatic nitrogens is 1. The van der Waals surface area contributed by atoms with E-state index in [4.69, 9.17) is 16.3 Å². The van der Waals surface area contributed by atoms with Gasteiger partial charge in [0, 0.05) is 50.0 Å². The molecular weight excluding hydrogens is 506 g/mol. The first-order valence-electron chi connectivity index (χ1n) is 12.4. The Morgan fingerprint density at radius 2 is 2.00 bits per heavy atom. The number of amides is 1. The normalized spacial score (nSPS) is 14.3. The van der Waals surface area contributed by atoms with Gasteiger partial charge in [-0.1, -0.05) is 35.9 Å². The summed E-state index contributed by atoms with van der Waals surface area (Å²) in [6, 6.07) is 19.5. The molecule has 1 aliphatic rings.